The molecule has 0 amide bonds. The first-order valence-corrected chi connectivity index (χ1v) is 7.44. The Labute approximate surface area is 105 Å². The lowest BCUT2D eigenvalue weighted by atomic mass is 10.1. The molecule has 4 nitrogen and oxygen atoms in total. The summed E-state index contributed by atoms with van der Waals surface area (Å²) in [5, 5.41) is 0.855. The van der Waals surface area contributed by atoms with Crippen LogP contribution in [0.25, 0.3) is 10.9 Å². The Morgan fingerprint density at radius 1 is 1.17 bits per heavy atom. The molecule has 0 atom stereocenters. The van der Waals surface area contributed by atoms with E-state index in [1.54, 1.807) is 23.6 Å². The SMILES string of the molecule is Cc1c(C)c2cccc3c2n(c1=O)CCS3(=O)=O. The molecule has 1 aromatic heterocycles. The zero-order chi connectivity index (χ0) is 13.1. The Kier molecular flexibility index (Phi) is 2.20. The summed E-state index contributed by atoms with van der Waals surface area (Å²) in [5.41, 5.74) is 2.04. The molecule has 94 valence electrons. The summed E-state index contributed by atoms with van der Waals surface area (Å²) < 4.78 is 25.7. The van der Waals surface area contributed by atoms with Gasteiger partial charge in [0, 0.05) is 17.5 Å². The number of para-hydroxylation sites is 1. The molecule has 3 rings (SSSR count). The maximum Gasteiger partial charge on any atom is 0.254 e. The predicted molar refractivity (Wildman–Crippen MR) is 69.7 cm³/mol. The lowest BCUT2D eigenvalue weighted by Crippen LogP contribution is -2.31. The van der Waals surface area contributed by atoms with Crippen LogP contribution in [0.5, 0.6) is 0 Å². The summed E-state index contributed by atoms with van der Waals surface area (Å²) in [5.74, 6) is 0.00151. The van der Waals surface area contributed by atoms with E-state index in [4.69, 9.17) is 0 Å². The van der Waals surface area contributed by atoms with Crippen molar-refractivity contribution < 1.29 is 8.42 Å². The van der Waals surface area contributed by atoms with Gasteiger partial charge in [-0.05, 0) is 25.5 Å². The van der Waals surface area contributed by atoms with Crippen LogP contribution in [0.2, 0.25) is 0 Å². The van der Waals surface area contributed by atoms with Gasteiger partial charge in [0.25, 0.3) is 5.56 Å². The van der Waals surface area contributed by atoms with E-state index in [0.717, 1.165) is 10.9 Å². The zero-order valence-electron chi connectivity index (χ0n) is 10.2. The minimum atomic E-state index is -3.25. The molecular formula is C13H13NO3S. The van der Waals surface area contributed by atoms with E-state index in [1.807, 2.05) is 13.0 Å². The highest BCUT2D eigenvalue weighted by atomic mass is 32.2. The highest BCUT2D eigenvalue weighted by molar-refractivity contribution is 7.91. The van der Waals surface area contributed by atoms with Crippen molar-refractivity contribution in [1.29, 1.82) is 0 Å². The number of sulfone groups is 1. The minimum Gasteiger partial charge on any atom is -0.306 e. The van der Waals surface area contributed by atoms with Gasteiger partial charge in [0.15, 0.2) is 9.84 Å². The summed E-state index contributed by atoms with van der Waals surface area (Å²) in [6, 6.07) is 5.20. The second-order valence-corrected chi connectivity index (χ2v) is 6.76. The minimum absolute atomic E-state index is 0.00151. The quantitative estimate of drug-likeness (QED) is 0.722. The van der Waals surface area contributed by atoms with Gasteiger partial charge in [0.2, 0.25) is 0 Å². The topological polar surface area (TPSA) is 56.1 Å². The van der Waals surface area contributed by atoms with Crippen LogP contribution in [0, 0.1) is 13.8 Å². The van der Waals surface area contributed by atoms with Crippen LogP contribution in [0.1, 0.15) is 11.1 Å². The van der Waals surface area contributed by atoms with Crippen molar-refractivity contribution in [3.05, 3.63) is 39.7 Å². The van der Waals surface area contributed by atoms with Crippen LogP contribution in [-0.4, -0.2) is 18.7 Å². The van der Waals surface area contributed by atoms with Crippen molar-refractivity contribution in [2.24, 2.45) is 0 Å². The standard InChI is InChI=1S/C13H13NO3S/c1-8-9(2)13(15)14-6-7-18(16,17)11-5-3-4-10(8)12(11)14/h3-5H,6-7H2,1-2H3. The highest BCUT2D eigenvalue weighted by Crippen LogP contribution is 2.29. The van der Waals surface area contributed by atoms with E-state index in [0.29, 0.717) is 11.1 Å². The molecule has 2 heterocycles. The van der Waals surface area contributed by atoms with Gasteiger partial charge in [-0.25, -0.2) is 8.42 Å². The molecule has 1 aliphatic heterocycles. The first-order valence-electron chi connectivity index (χ1n) is 5.79. The van der Waals surface area contributed by atoms with Crippen LogP contribution in [-0.2, 0) is 16.4 Å². The van der Waals surface area contributed by atoms with Crippen LogP contribution in [0.3, 0.4) is 0 Å². The van der Waals surface area contributed by atoms with Gasteiger partial charge >= 0.3 is 0 Å². The van der Waals surface area contributed by atoms with E-state index in [2.05, 4.69) is 0 Å². The summed E-state index contributed by atoms with van der Waals surface area (Å²) >= 11 is 0. The maximum absolute atomic E-state index is 12.2. The van der Waals surface area contributed by atoms with Crippen molar-refractivity contribution in [2.45, 2.75) is 25.3 Å². The first-order chi connectivity index (χ1) is 8.43. The number of pyridine rings is 1. The van der Waals surface area contributed by atoms with E-state index >= 15 is 0 Å². The first kappa shape index (κ1) is 11.5. The molecule has 1 aliphatic rings. The van der Waals surface area contributed by atoms with Crippen LogP contribution in [0.4, 0.5) is 0 Å². The molecule has 1 aromatic carbocycles. The fraction of sp³-hybridized carbons (Fsp3) is 0.308. The van der Waals surface area contributed by atoms with E-state index in [9.17, 15) is 13.2 Å². The van der Waals surface area contributed by atoms with Crippen molar-refractivity contribution in [3.63, 3.8) is 0 Å². The van der Waals surface area contributed by atoms with Gasteiger partial charge < -0.3 is 4.57 Å². The number of rotatable bonds is 0. The molecule has 18 heavy (non-hydrogen) atoms. The summed E-state index contributed by atoms with van der Waals surface area (Å²) in [7, 11) is -3.25. The summed E-state index contributed by atoms with van der Waals surface area (Å²) in [6.45, 7) is 3.90. The molecule has 0 spiro atoms. The number of nitrogens with zero attached hydrogens (tertiary/aromatic N) is 1. The Hall–Kier alpha value is -1.62. The average Bonchev–Trinajstić information content (AvgIpc) is 2.34. The van der Waals surface area contributed by atoms with Gasteiger partial charge in [-0.15, -0.1) is 0 Å². The van der Waals surface area contributed by atoms with Gasteiger partial charge in [-0.3, -0.25) is 4.79 Å². The van der Waals surface area contributed by atoms with Crippen molar-refractivity contribution in [1.82, 2.24) is 4.57 Å². The maximum atomic E-state index is 12.2. The number of hydrogen-bond acceptors (Lipinski definition) is 3. The lowest BCUT2D eigenvalue weighted by Gasteiger charge is -2.21. The molecule has 0 bridgehead atoms. The fourth-order valence-electron chi connectivity index (χ4n) is 2.56. The highest BCUT2D eigenvalue weighted by Gasteiger charge is 2.26. The summed E-state index contributed by atoms with van der Waals surface area (Å²) in [6.07, 6.45) is 0. The van der Waals surface area contributed by atoms with E-state index < -0.39 is 9.84 Å². The van der Waals surface area contributed by atoms with E-state index in [-0.39, 0.29) is 22.8 Å². The molecule has 0 N–H and O–H groups in total. The second-order valence-electron chi connectivity index (χ2n) is 4.68. The number of benzene rings is 1. The largest absolute Gasteiger partial charge is 0.306 e. The summed E-state index contributed by atoms with van der Waals surface area (Å²) in [4.78, 5) is 12.5. The molecule has 5 heteroatoms. The van der Waals surface area contributed by atoms with Crippen molar-refractivity contribution in [3.8, 4) is 0 Å². The Morgan fingerprint density at radius 3 is 2.61 bits per heavy atom. The van der Waals surface area contributed by atoms with Crippen LogP contribution >= 0.6 is 0 Å². The monoisotopic (exact) mass is 263 g/mol. The predicted octanol–water partition coefficient (Wildman–Crippen LogP) is 1.41. The molecule has 0 radical (unpaired) electrons. The third-order valence-electron chi connectivity index (χ3n) is 3.72. The number of aryl methyl sites for hydroxylation is 2. The Balaban J connectivity index is 2.68. The van der Waals surface area contributed by atoms with Crippen LogP contribution < -0.4 is 5.56 Å². The molecule has 0 saturated heterocycles. The smallest absolute Gasteiger partial charge is 0.254 e. The van der Waals surface area contributed by atoms with Crippen molar-refractivity contribution in [2.75, 3.05) is 5.75 Å². The number of hydrogen-bond donors (Lipinski definition) is 0. The zero-order valence-corrected chi connectivity index (χ0v) is 11.0. The van der Waals surface area contributed by atoms with Gasteiger partial charge in [-0.1, -0.05) is 12.1 Å². The molecular weight excluding hydrogens is 250 g/mol. The van der Waals surface area contributed by atoms with Crippen molar-refractivity contribution >= 4 is 20.7 Å². The second kappa shape index (κ2) is 3.45. The molecule has 2 aromatic rings. The molecule has 0 unspecified atom stereocenters. The number of aromatic nitrogens is 1. The fourth-order valence-corrected chi connectivity index (χ4v) is 4.00. The lowest BCUT2D eigenvalue weighted by molar-refractivity contribution is 0.582. The van der Waals surface area contributed by atoms with E-state index in [1.165, 1.54) is 0 Å². The van der Waals surface area contributed by atoms with Crippen LogP contribution in [0.15, 0.2) is 27.9 Å². The average molecular weight is 263 g/mol. The molecule has 0 fully saturated rings. The van der Waals surface area contributed by atoms with Gasteiger partial charge in [0.05, 0.1) is 16.2 Å². The van der Waals surface area contributed by atoms with Gasteiger partial charge in [0.1, 0.15) is 0 Å². The molecule has 0 aliphatic carbocycles. The Morgan fingerprint density at radius 2 is 1.89 bits per heavy atom. The third kappa shape index (κ3) is 1.31. The Bertz CT molecular complexity index is 831. The normalized spacial score (nSPS) is 17.0. The molecule has 0 saturated carbocycles. The third-order valence-corrected chi connectivity index (χ3v) is 5.44. The van der Waals surface area contributed by atoms with Gasteiger partial charge in [-0.2, -0.15) is 0 Å².